The van der Waals surface area contributed by atoms with Gasteiger partial charge >= 0.3 is 0 Å². The quantitative estimate of drug-likeness (QED) is 0.476. The Morgan fingerprint density at radius 1 is 0.767 bits per heavy atom. The van der Waals surface area contributed by atoms with E-state index in [0.717, 1.165) is 17.8 Å². The highest BCUT2D eigenvalue weighted by molar-refractivity contribution is 5.80. The Labute approximate surface area is 183 Å². The average Bonchev–Trinajstić information content (AvgIpc) is 3.18. The van der Waals surface area contributed by atoms with Crippen molar-refractivity contribution in [3.05, 3.63) is 76.4 Å². The van der Waals surface area contributed by atoms with Crippen LogP contribution in [0.15, 0.2) is 65.3 Å². The number of hydrogen-bond acceptors (Lipinski definition) is 0. The van der Waals surface area contributed by atoms with Crippen LogP contribution in [-0.2, 0) is 0 Å². The molecule has 2 fully saturated rings. The van der Waals surface area contributed by atoms with E-state index in [0.29, 0.717) is 5.92 Å². The Kier molecular flexibility index (Phi) is 5.85. The van der Waals surface area contributed by atoms with Gasteiger partial charge in [0.15, 0.2) is 0 Å². The van der Waals surface area contributed by atoms with E-state index in [2.05, 4.69) is 62.4 Å². The molecule has 2 saturated carbocycles. The summed E-state index contributed by atoms with van der Waals surface area (Å²) in [4.78, 5) is 0. The molecule has 1 aromatic rings. The lowest BCUT2D eigenvalue weighted by atomic mass is 9.74. The number of aryl methyl sites for hydroxylation is 1. The third-order valence-electron chi connectivity index (χ3n) is 8.19. The maximum Gasteiger partial charge on any atom is 0.0216 e. The molecule has 0 heteroatoms. The molecular formula is C30H38. The van der Waals surface area contributed by atoms with Crippen molar-refractivity contribution in [1.82, 2.24) is 0 Å². The predicted octanol–water partition coefficient (Wildman–Crippen LogP) is 8.60. The molecule has 0 saturated heterocycles. The van der Waals surface area contributed by atoms with E-state index in [1.165, 1.54) is 80.9 Å². The molecule has 0 heterocycles. The minimum atomic E-state index is 0.501. The number of hydrogen-bond donors (Lipinski definition) is 0. The lowest BCUT2D eigenvalue weighted by Gasteiger charge is -2.30. The van der Waals surface area contributed by atoms with Gasteiger partial charge in [-0.05, 0) is 79.1 Å². The van der Waals surface area contributed by atoms with E-state index < -0.39 is 0 Å². The van der Waals surface area contributed by atoms with Gasteiger partial charge in [-0.3, -0.25) is 0 Å². The first-order valence-corrected chi connectivity index (χ1v) is 12.6. The zero-order valence-corrected chi connectivity index (χ0v) is 19.0. The van der Waals surface area contributed by atoms with Gasteiger partial charge in [0.2, 0.25) is 0 Å². The standard InChI is InChI=1S/C30H38/c1-21-8-12-23(13-9-21)16-24-17-28-19-27(25-14-10-22(2)11-15-25)20-30(29(28)18-24)26-6-4-3-5-7-26/h10-11,14-15,17-21,23,26,28H,3-9,12-13,16H2,1-2H3. The molecule has 0 spiro atoms. The third kappa shape index (κ3) is 4.29. The minimum absolute atomic E-state index is 0.501. The first-order valence-electron chi connectivity index (χ1n) is 12.6. The van der Waals surface area contributed by atoms with Crippen LogP contribution in [0.1, 0.15) is 82.3 Å². The second kappa shape index (κ2) is 8.74. The van der Waals surface area contributed by atoms with Gasteiger partial charge in [0, 0.05) is 5.92 Å². The molecule has 4 aliphatic carbocycles. The van der Waals surface area contributed by atoms with Crippen LogP contribution in [0.5, 0.6) is 0 Å². The Morgan fingerprint density at radius 2 is 1.50 bits per heavy atom. The molecule has 30 heavy (non-hydrogen) atoms. The summed E-state index contributed by atoms with van der Waals surface area (Å²) < 4.78 is 0. The highest BCUT2D eigenvalue weighted by Crippen LogP contribution is 2.46. The molecule has 0 amide bonds. The highest BCUT2D eigenvalue weighted by Gasteiger charge is 2.31. The second-order valence-corrected chi connectivity index (χ2v) is 10.6. The molecule has 5 rings (SSSR count). The Balaban J connectivity index is 1.43. The molecule has 1 atom stereocenters. The van der Waals surface area contributed by atoms with Crippen molar-refractivity contribution in [1.29, 1.82) is 0 Å². The molecule has 0 nitrogen and oxygen atoms in total. The summed E-state index contributed by atoms with van der Waals surface area (Å²) >= 11 is 0. The summed E-state index contributed by atoms with van der Waals surface area (Å²) in [5.41, 5.74) is 9.10. The van der Waals surface area contributed by atoms with Crippen molar-refractivity contribution in [2.75, 3.05) is 0 Å². The van der Waals surface area contributed by atoms with E-state index in [9.17, 15) is 0 Å². The molecule has 0 bridgehead atoms. The van der Waals surface area contributed by atoms with Gasteiger partial charge in [0.25, 0.3) is 0 Å². The van der Waals surface area contributed by atoms with Gasteiger partial charge in [-0.15, -0.1) is 0 Å². The van der Waals surface area contributed by atoms with Crippen molar-refractivity contribution >= 4 is 5.57 Å². The maximum absolute atomic E-state index is 2.61. The fourth-order valence-corrected chi connectivity index (χ4v) is 6.26. The SMILES string of the molecule is Cc1ccc(C2=CC3C=C(CC4CCC(C)CC4)C=C3C(C3CCCCC3)=C2)cc1. The molecule has 1 aromatic carbocycles. The van der Waals surface area contributed by atoms with Gasteiger partial charge in [-0.25, -0.2) is 0 Å². The highest BCUT2D eigenvalue weighted by atomic mass is 14.4. The number of fused-ring (bicyclic) bond motifs is 1. The Bertz CT molecular complexity index is 874. The zero-order chi connectivity index (χ0) is 20.5. The molecular weight excluding hydrogens is 360 g/mol. The van der Waals surface area contributed by atoms with Crippen LogP contribution < -0.4 is 0 Å². The molecule has 158 valence electrons. The van der Waals surface area contributed by atoms with E-state index in [4.69, 9.17) is 0 Å². The second-order valence-electron chi connectivity index (χ2n) is 10.6. The van der Waals surface area contributed by atoms with E-state index in [1.54, 1.807) is 16.7 Å². The summed E-state index contributed by atoms with van der Waals surface area (Å²) in [6, 6.07) is 9.15. The predicted molar refractivity (Wildman–Crippen MR) is 129 cm³/mol. The first kappa shape index (κ1) is 20.1. The van der Waals surface area contributed by atoms with Gasteiger partial charge in [-0.1, -0.05) is 98.7 Å². The lowest BCUT2D eigenvalue weighted by molar-refractivity contribution is 0.289. The van der Waals surface area contributed by atoms with Gasteiger partial charge in [-0.2, -0.15) is 0 Å². The summed E-state index contributed by atoms with van der Waals surface area (Å²) in [7, 11) is 0. The topological polar surface area (TPSA) is 0 Å². The van der Waals surface area contributed by atoms with Crippen LogP contribution in [0.3, 0.4) is 0 Å². The van der Waals surface area contributed by atoms with Gasteiger partial charge in [0.1, 0.15) is 0 Å². The zero-order valence-electron chi connectivity index (χ0n) is 19.0. The van der Waals surface area contributed by atoms with Crippen LogP contribution in [0.25, 0.3) is 5.57 Å². The van der Waals surface area contributed by atoms with E-state index >= 15 is 0 Å². The van der Waals surface area contributed by atoms with Crippen molar-refractivity contribution in [2.24, 2.45) is 23.7 Å². The van der Waals surface area contributed by atoms with Crippen LogP contribution >= 0.6 is 0 Å². The number of benzene rings is 1. The molecule has 0 aliphatic heterocycles. The van der Waals surface area contributed by atoms with Crippen LogP contribution in [0.2, 0.25) is 0 Å². The Hall–Kier alpha value is -1.82. The largest absolute Gasteiger partial charge is 0.0700 e. The van der Waals surface area contributed by atoms with Crippen LogP contribution in [0.4, 0.5) is 0 Å². The first-order chi connectivity index (χ1) is 14.7. The summed E-state index contributed by atoms with van der Waals surface area (Å²) in [6.07, 6.45) is 24.3. The monoisotopic (exact) mass is 398 g/mol. The van der Waals surface area contributed by atoms with Crippen LogP contribution in [0, 0.1) is 30.6 Å². The smallest absolute Gasteiger partial charge is 0.0216 e. The minimum Gasteiger partial charge on any atom is -0.0700 e. The lowest BCUT2D eigenvalue weighted by Crippen LogP contribution is -2.15. The van der Waals surface area contributed by atoms with Crippen molar-refractivity contribution in [2.45, 2.75) is 78.1 Å². The number of allylic oxidation sites excluding steroid dienone is 8. The van der Waals surface area contributed by atoms with Crippen molar-refractivity contribution in [3.63, 3.8) is 0 Å². The molecule has 4 aliphatic rings. The van der Waals surface area contributed by atoms with Gasteiger partial charge in [0.05, 0.1) is 0 Å². The summed E-state index contributed by atoms with van der Waals surface area (Å²) in [5.74, 6) is 3.12. The number of rotatable bonds is 4. The van der Waals surface area contributed by atoms with E-state index in [-0.39, 0.29) is 0 Å². The fraction of sp³-hybridized carbons (Fsp3) is 0.533. The average molecular weight is 399 g/mol. The fourth-order valence-electron chi connectivity index (χ4n) is 6.26. The third-order valence-corrected chi connectivity index (χ3v) is 8.19. The van der Waals surface area contributed by atoms with Crippen molar-refractivity contribution < 1.29 is 0 Å². The summed E-state index contributed by atoms with van der Waals surface area (Å²) in [5, 5.41) is 0. The Morgan fingerprint density at radius 3 is 2.23 bits per heavy atom. The maximum atomic E-state index is 2.61. The van der Waals surface area contributed by atoms with Gasteiger partial charge < -0.3 is 0 Å². The summed E-state index contributed by atoms with van der Waals surface area (Å²) in [6.45, 7) is 4.61. The van der Waals surface area contributed by atoms with Crippen molar-refractivity contribution in [3.8, 4) is 0 Å². The molecule has 0 N–H and O–H groups in total. The molecule has 0 aromatic heterocycles. The normalized spacial score (nSPS) is 29.6. The van der Waals surface area contributed by atoms with Crippen LogP contribution in [-0.4, -0.2) is 0 Å². The molecule has 0 radical (unpaired) electrons. The van der Waals surface area contributed by atoms with E-state index in [1.807, 2.05) is 0 Å². The molecule has 1 unspecified atom stereocenters.